The molecule has 0 amide bonds. The molecule has 0 fully saturated rings. The lowest BCUT2D eigenvalue weighted by atomic mass is 10.3. The van der Waals surface area contributed by atoms with Crippen molar-refractivity contribution in [1.29, 1.82) is 0 Å². The number of carbonyl (C=O) groups is 1. The summed E-state index contributed by atoms with van der Waals surface area (Å²) < 4.78 is 10.3. The van der Waals surface area contributed by atoms with Gasteiger partial charge in [-0.05, 0) is 20.3 Å². The van der Waals surface area contributed by atoms with Gasteiger partial charge in [0, 0.05) is 12.2 Å². The molecule has 0 radical (unpaired) electrons. The number of carboxylic acid groups (broad SMARTS) is 1. The molecule has 0 bridgehead atoms. The van der Waals surface area contributed by atoms with E-state index in [-0.39, 0.29) is 24.9 Å². The van der Waals surface area contributed by atoms with Gasteiger partial charge >= 0.3 is 5.97 Å². The van der Waals surface area contributed by atoms with E-state index in [1.54, 1.807) is 6.92 Å². The van der Waals surface area contributed by atoms with Crippen molar-refractivity contribution in [1.82, 2.24) is 0 Å². The number of unbranched alkanes of at least 4 members (excludes halogenated alkanes) is 1. The van der Waals surface area contributed by atoms with Crippen LogP contribution in [0.1, 0.15) is 33.6 Å². The van der Waals surface area contributed by atoms with Crippen LogP contribution in [0.3, 0.4) is 0 Å². The predicted molar refractivity (Wildman–Crippen MR) is 76.7 cm³/mol. The Morgan fingerprint density at radius 3 is 2.30 bits per heavy atom. The highest BCUT2D eigenvalue weighted by molar-refractivity contribution is 5.84. The van der Waals surface area contributed by atoms with E-state index in [9.17, 15) is 9.90 Å². The first-order valence-corrected chi connectivity index (χ1v) is 6.72. The second-order valence-corrected chi connectivity index (χ2v) is 4.49. The molecule has 2 atom stereocenters. The Morgan fingerprint density at radius 2 is 1.90 bits per heavy atom. The number of rotatable bonds is 10. The maximum absolute atomic E-state index is 9.60. The summed E-state index contributed by atoms with van der Waals surface area (Å²) in [7, 11) is 0. The average Bonchev–Trinajstić information content (AvgIpc) is 2.41. The van der Waals surface area contributed by atoms with Crippen LogP contribution in [0.25, 0.3) is 0 Å². The average molecular weight is 292 g/mol. The van der Waals surface area contributed by atoms with Crippen LogP contribution in [0.5, 0.6) is 0 Å². The van der Waals surface area contributed by atoms with Gasteiger partial charge in [0.25, 0.3) is 0 Å². The molecule has 2 unspecified atom stereocenters. The summed E-state index contributed by atoms with van der Waals surface area (Å²) in [6.07, 6.45) is 1.29. The van der Waals surface area contributed by atoms with Gasteiger partial charge in [-0.25, -0.2) is 4.79 Å². The highest BCUT2D eigenvalue weighted by atomic mass is 16.5. The number of hydrogen-bond acceptors (Lipinski definition) is 5. The SMILES string of the molecule is C=C(C)C(=O)O.CCCCOCC(O)COC(C)CO. The minimum absolute atomic E-state index is 0.0244. The third kappa shape index (κ3) is 17.1. The Labute approximate surface area is 121 Å². The number of aliphatic hydroxyl groups excluding tert-OH is 2. The molecule has 20 heavy (non-hydrogen) atoms. The van der Waals surface area contributed by atoms with Gasteiger partial charge in [0.05, 0.1) is 25.9 Å². The number of aliphatic carboxylic acids is 1. The van der Waals surface area contributed by atoms with Gasteiger partial charge in [-0.2, -0.15) is 0 Å². The molecule has 0 saturated carbocycles. The summed E-state index contributed by atoms with van der Waals surface area (Å²) in [6, 6.07) is 0. The molecule has 0 saturated heterocycles. The molecule has 0 aromatic carbocycles. The lowest BCUT2D eigenvalue weighted by Crippen LogP contribution is -2.26. The molecule has 0 aromatic heterocycles. The third-order valence-electron chi connectivity index (χ3n) is 2.15. The predicted octanol–water partition coefficient (Wildman–Crippen LogP) is 1.21. The Balaban J connectivity index is 0. The quantitative estimate of drug-likeness (QED) is 0.414. The standard InChI is InChI=1S/C10H22O4.C4H6O2/c1-3-4-5-13-7-10(12)8-14-9(2)6-11;1-3(2)4(5)6/h9-12H,3-8H2,1-2H3;1H2,2H3,(H,5,6). The zero-order chi connectivity index (χ0) is 16.0. The summed E-state index contributed by atoms with van der Waals surface area (Å²) in [5, 5.41) is 25.9. The van der Waals surface area contributed by atoms with Crippen molar-refractivity contribution in [3.05, 3.63) is 12.2 Å². The number of aliphatic hydroxyl groups is 2. The second-order valence-electron chi connectivity index (χ2n) is 4.49. The van der Waals surface area contributed by atoms with E-state index >= 15 is 0 Å². The highest BCUT2D eigenvalue weighted by Gasteiger charge is 2.07. The van der Waals surface area contributed by atoms with E-state index in [1.807, 2.05) is 0 Å². The van der Waals surface area contributed by atoms with Crippen LogP contribution in [-0.4, -0.2) is 59.9 Å². The topological polar surface area (TPSA) is 96.2 Å². The maximum Gasteiger partial charge on any atom is 0.330 e. The smallest absolute Gasteiger partial charge is 0.330 e. The van der Waals surface area contributed by atoms with Crippen LogP contribution in [0.2, 0.25) is 0 Å². The maximum atomic E-state index is 9.60. The molecule has 0 heterocycles. The van der Waals surface area contributed by atoms with E-state index in [1.165, 1.54) is 6.92 Å². The molecular weight excluding hydrogens is 264 g/mol. The van der Waals surface area contributed by atoms with Gasteiger partial charge in [0.2, 0.25) is 0 Å². The second kappa shape index (κ2) is 14.5. The first kappa shape index (κ1) is 21.4. The Bertz CT molecular complexity index is 242. The summed E-state index contributed by atoms with van der Waals surface area (Å²) >= 11 is 0. The molecule has 0 aromatic rings. The fourth-order valence-corrected chi connectivity index (χ4v) is 0.842. The monoisotopic (exact) mass is 292 g/mol. The lowest BCUT2D eigenvalue weighted by molar-refractivity contribution is -0.132. The number of ether oxygens (including phenoxy) is 2. The molecule has 0 aliphatic heterocycles. The molecular formula is C14H28O6. The molecule has 0 aliphatic carbocycles. The van der Waals surface area contributed by atoms with Crippen molar-refractivity contribution >= 4 is 5.97 Å². The molecule has 6 nitrogen and oxygen atoms in total. The van der Waals surface area contributed by atoms with Crippen molar-refractivity contribution in [2.75, 3.05) is 26.4 Å². The molecule has 0 rings (SSSR count). The molecule has 0 spiro atoms. The molecule has 0 aliphatic rings. The van der Waals surface area contributed by atoms with Crippen LogP contribution in [-0.2, 0) is 14.3 Å². The minimum atomic E-state index is -0.935. The van der Waals surface area contributed by atoms with Gasteiger partial charge in [0.1, 0.15) is 6.10 Å². The number of carboxylic acids is 1. The molecule has 6 heteroatoms. The lowest BCUT2D eigenvalue weighted by Gasteiger charge is -2.14. The largest absolute Gasteiger partial charge is 0.478 e. The van der Waals surface area contributed by atoms with Gasteiger partial charge in [-0.1, -0.05) is 19.9 Å². The Hall–Kier alpha value is -0.950. The van der Waals surface area contributed by atoms with Crippen molar-refractivity contribution < 1.29 is 29.6 Å². The van der Waals surface area contributed by atoms with Crippen LogP contribution < -0.4 is 0 Å². The summed E-state index contributed by atoms with van der Waals surface area (Å²) in [6.45, 7) is 9.62. The highest BCUT2D eigenvalue weighted by Crippen LogP contribution is 1.95. The van der Waals surface area contributed by atoms with E-state index in [4.69, 9.17) is 19.7 Å². The fraction of sp³-hybridized carbons (Fsp3) is 0.786. The summed E-state index contributed by atoms with van der Waals surface area (Å²) in [5.41, 5.74) is 0.176. The molecule has 120 valence electrons. The summed E-state index contributed by atoms with van der Waals surface area (Å²) in [4.78, 5) is 9.60. The van der Waals surface area contributed by atoms with E-state index in [0.29, 0.717) is 13.2 Å². The van der Waals surface area contributed by atoms with E-state index < -0.39 is 12.1 Å². The molecule has 3 N–H and O–H groups in total. The normalized spacial score (nSPS) is 13.1. The van der Waals surface area contributed by atoms with Crippen molar-refractivity contribution in [2.24, 2.45) is 0 Å². The van der Waals surface area contributed by atoms with Gasteiger partial charge in [-0.15, -0.1) is 0 Å². The first-order chi connectivity index (χ1) is 9.34. The van der Waals surface area contributed by atoms with Crippen molar-refractivity contribution in [2.45, 2.75) is 45.8 Å². The Morgan fingerprint density at radius 1 is 1.35 bits per heavy atom. The van der Waals surface area contributed by atoms with Crippen molar-refractivity contribution in [3.63, 3.8) is 0 Å². The summed E-state index contributed by atoms with van der Waals surface area (Å²) in [5.74, 6) is -0.935. The van der Waals surface area contributed by atoms with Gasteiger partial charge < -0.3 is 24.8 Å². The van der Waals surface area contributed by atoms with Crippen LogP contribution in [0.4, 0.5) is 0 Å². The minimum Gasteiger partial charge on any atom is -0.478 e. The number of hydrogen-bond donors (Lipinski definition) is 3. The fourth-order valence-electron chi connectivity index (χ4n) is 0.842. The Kier molecular flexibility index (Phi) is 15.4. The van der Waals surface area contributed by atoms with Crippen LogP contribution >= 0.6 is 0 Å². The first-order valence-electron chi connectivity index (χ1n) is 6.72. The van der Waals surface area contributed by atoms with Crippen LogP contribution in [0, 0.1) is 0 Å². The third-order valence-corrected chi connectivity index (χ3v) is 2.15. The van der Waals surface area contributed by atoms with Crippen LogP contribution in [0.15, 0.2) is 12.2 Å². The zero-order valence-corrected chi connectivity index (χ0v) is 12.7. The van der Waals surface area contributed by atoms with Gasteiger partial charge in [0.15, 0.2) is 0 Å². The van der Waals surface area contributed by atoms with Gasteiger partial charge in [-0.3, -0.25) is 0 Å². The van der Waals surface area contributed by atoms with E-state index in [0.717, 1.165) is 12.8 Å². The van der Waals surface area contributed by atoms with E-state index in [2.05, 4.69) is 13.5 Å². The van der Waals surface area contributed by atoms with Crippen molar-refractivity contribution in [3.8, 4) is 0 Å². The zero-order valence-electron chi connectivity index (χ0n) is 12.7.